The summed E-state index contributed by atoms with van der Waals surface area (Å²) in [6.45, 7) is 0. The van der Waals surface area contributed by atoms with Gasteiger partial charge >= 0.3 is 0 Å². The molecule has 0 saturated heterocycles. The number of halogens is 2. The summed E-state index contributed by atoms with van der Waals surface area (Å²) < 4.78 is 2.80. The molecule has 0 unspecified atom stereocenters. The van der Waals surface area contributed by atoms with Crippen LogP contribution in [-0.4, -0.2) is 10.4 Å². The van der Waals surface area contributed by atoms with Crippen LogP contribution >= 0.6 is 31.9 Å². The Kier molecular flexibility index (Phi) is 2.93. The van der Waals surface area contributed by atoms with Crippen molar-refractivity contribution in [2.75, 3.05) is 0 Å². The summed E-state index contributed by atoms with van der Waals surface area (Å²) in [6.07, 6.45) is 0. The number of benzene rings is 2. The van der Waals surface area contributed by atoms with Gasteiger partial charge in [0.25, 0.3) is 5.56 Å². The summed E-state index contributed by atoms with van der Waals surface area (Å²) in [5.74, 6) is -0.0221. The number of rotatable bonds is 0. The highest BCUT2D eigenvalue weighted by Crippen LogP contribution is 2.43. The molecule has 108 valence electrons. The monoisotopic (exact) mass is 417 g/mol. The topological polar surface area (TPSA) is 39.1 Å². The van der Waals surface area contributed by atoms with Crippen molar-refractivity contribution in [1.82, 2.24) is 4.57 Å². The number of hydrogen-bond acceptors (Lipinski definition) is 2. The van der Waals surface area contributed by atoms with E-state index in [4.69, 9.17) is 0 Å². The molecule has 1 aliphatic rings. The Morgan fingerprint density at radius 1 is 0.909 bits per heavy atom. The number of pyridine rings is 1. The van der Waals surface area contributed by atoms with E-state index in [-0.39, 0.29) is 11.3 Å². The maximum Gasteiger partial charge on any atom is 0.265 e. The minimum Gasteiger partial charge on any atom is -0.310 e. The first-order chi connectivity index (χ1) is 10.5. The second kappa shape index (κ2) is 4.64. The van der Waals surface area contributed by atoms with Gasteiger partial charge in [-0.15, -0.1) is 0 Å². The van der Waals surface area contributed by atoms with E-state index in [1.807, 2.05) is 30.3 Å². The normalized spacial score (nSPS) is 12.6. The van der Waals surface area contributed by atoms with E-state index >= 15 is 0 Å². The van der Waals surface area contributed by atoms with Crippen LogP contribution in [0.1, 0.15) is 15.9 Å². The van der Waals surface area contributed by atoms with Crippen LogP contribution in [0.5, 0.6) is 0 Å². The molecule has 4 rings (SSSR count). The van der Waals surface area contributed by atoms with Crippen LogP contribution in [0.15, 0.2) is 50.1 Å². The van der Waals surface area contributed by atoms with Crippen LogP contribution < -0.4 is 5.56 Å². The summed E-state index contributed by atoms with van der Waals surface area (Å²) in [7, 11) is 1.72. The molecule has 0 atom stereocenters. The summed E-state index contributed by atoms with van der Waals surface area (Å²) in [4.78, 5) is 25.4. The minimum absolute atomic E-state index is 0.0221. The highest BCUT2D eigenvalue weighted by molar-refractivity contribution is 9.11. The van der Waals surface area contributed by atoms with Crippen molar-refractivity contribution in [2.45, 2.75) is 0 Å². The van der Waals surface area contributed by atoms with Gasteiger partial charge in [0.1, 0.15) is 0 Å². The number of carbonyl (C=O) groups is 1. The second-order valence-corrected chi connectivity index (χ2v) is 6.89. The van der Waals surface area contributed by atoms with E-state index in [0.29, 0.717) is 15.6 Å². The quantitative estimate of drug-likeness (QED) is 0.427. The zero-order valence-corrected chi connectivity index (χ0v) is 14.7. The number of hydrogen-bond donors (Lipinski definition) is 0. The predicted molar refractivity (Wildman–Crippen MR) is 93.5 cm³/mol. The van der Waals surface area contributed by atoms with Gasteiger partial charge in [-0.3, -0.25) is 9.59 Å². The molecule has 2 aromatic carbocycles. The summed E-state index contributed by atoms with van der Waals surface area (Å²) >= 11 is 6.92. The lowest BCUT2D eigenvalue weighted by Gasteiger charge is -2.23. The highest BCUT2D eigenvalue weighted by Gasteiger charge is 2.30. The fourth-order valence-corrected chi connectivity index (χ4v) is 4.27. The van der Waals surface area contributed by atoms with Crippen LogP contribution in [0.25, 0.3) is 22.0 Å². The average Bonchev–Trinajstić information content (AvgIpc) is 2.52. The maximum atomic E-state index is 12.9. The molecular formula is C17H9Br2NO2. The number of carbonyl (C=O) groups excluding carboxylic acids is 1. The van der Waals surface area contributed by atoms with Crippen LogP contribution in [0.4, 0.5) is 0 Å². The molecule has 3 nitrogen and oxygen atoms in total. The Hall–Kier alpha value is -1.72. The van der Waals surface area contributed by atoms with Gasteiger partial charge in [-0.05, 0) is 33.6 Å². The summed E-state index contributed by atoms with van der Waals surface area (Å²) in [5.41, 5.74) is 3.47. The van der Waals surface area contributed by atoms with E-state index in [0.717, 1.165) is 26.5 Å². The second-order valence-electron chi connectivity index (χ2n) is 5.24. The van der Waals surface area contributed by atoms with Gasteiger partial charge in [-0.1, -0.05) is 40.2 Å². The van der Waals surface area contributed by atoms with Gasteiger partial charge in [-0.25, -0.2) is 0 Å². The largest absolute Gasteiger partial charge is 0.310 e. The van der Waals surface area contributed by atoms with E-state index < -0.39 is 0 Å². The number of ketones is 1. The van der Waals surface area contributed by atoms with Crippen molar-refractivity contribution >= 4 is 48.5 Å². The Balaban J connectivity index is 2.40. The molecule has 1 heterocycles. The van der Waals surface area contributed by atoms with Crippen molar-refractivity contribution < 1.29 is 4.79 Å². The van der Waals surface area contributed by atoms with Crippen LogP contribution in [0.2, 0.25) is 0 Å². The number of nitrogens with zero attached hydrogens (tertiary/aromatic N) is 1. The predicted octanol–water partition coefficient (Wildman–Crippen LogP) is 4.27. The standard InChI is InChI=1S/C17H9Br2NO2/c1-20-11-7-6-10(18)13-14(11)12(15(19)17(20)22)8-4-2-3-5-9(8)16(13)21/h2-7H,1H3. The highest BCUT2D eigenvalue weighted by atomic mass is 79.9. The third-order valence-corrected chi connectivity index (χ3v) is 5.52. The van der Waals surface area contributed by atoms with Crippen LogP contribution in [0, 0.1) is 0 Å². The molecular weight excluding hydrogens is 410 g/mol. The zero-order chi connectivity index (χ0) is 15.6. The number of aryl methyl sites for hydroxylation is 1. The van der Waals surface area contributed by atoms with Gasteiger partial charge in [0, 0.05) is 33.6 Å². The van der Waals surface area contributed by atoms with Crippen LogP contribution in [0.3, 0.4) is 0 Å². The van der Waals surface area contributed by atoms with Gasteiger partial charge in [-0.2, -0.15) is 0 Å². The number of aromatic nitrogens is 1. The molecule has 0 amide bonds. The lowest BCUT2D eigenvalue weighted by atomic mass is 9.84. The number of fused-ring (bicyclic) bond motifs is 2. The molecule has 0 fully saturated rings. The molecule has 22 heavy (non-hydrogen) atoms. The van der Waals surface area contributed by atoms with E-state index in [1.54, 1.807) is 17.7 Å². The molecule has 0 radical (unpaired) electrons. The third-order valence-electron chi connectivity index (χ3n) is 4.12. The molecule has 0 bridgehead atoms. The summed E-state index contributed by atoms with van der Waals surface area (Å²) in [5, 5.41) is 0.812. The van der Waals surface area contributed by atoms with Crippen LogP contribution in [-0.2, 0) is 7.05 Å². The van der Waals surface area contributed by atoms with E-state index in [9.17, 15) is 9.59 Å². The van der Waals surface area contributed by atoms with Crippen molar-refractivity contribution in [3.8, 4) is 11.1 Å². The lowest BCUT2D eigenvalue weighted by molar-refractivity contribution is 0.103. The minimum atomic E-state index is -0.111. The fourth-order valence-electron chi connectivity index (χ4n) is 3.08. The van der Waals surface area contributed by atoms with Gasteiger partial charge in [0.05, 0.1) is 9.99 Å². The smallest absolute Gasteiger partial charge is 0.265 e. The average molecular weight is 419 g/mol. The summed E-state index contributed by atoms with van der Waals surface area (Å²) in [6, 6.07) is 11.1. The molecule has 0 N–H and O–H groups in total. The molecule has 1 aromatic heterocycles. The van der Waals surface area contributed by atoms with E-state index in [2.05, 4.69) is 31.9 Å². The molecule has 0 saturated carbocycles. The molecule has 5 heteroatoms. The van der Waals surface area contributed by atoms with E-state index in [1.165, 1.54) is 0 Å². The van der Waals surface area contributed by atoms with Crippen molar-refractivity contribution in [1.29, 1.82) is 0 Å². The Labute approximate surface area is 142 Å². The Morgan fingerprint density at radius 2 is 1.59 bits per heavy atom. The fraction of sp³-hybridized carbons (Fsp3) is 0.0588. The first-order valence-corrected chi connectivity index (χ1v) is 8.25. The van der Waals surface area contributed by atoms with Crippen molar-refractivity contribution in [3.63, 3.8) is 0 Å². The third kappa shape index (κ3) is 1.61. The zero-order valence-electron chi connectivity index (χ0n) is 11.5. The first kappa shape index (κ1) is 13.9. The van der Waals surface area contributed by atoms with Crippen molar-refractivity contribution in [3.05, 3.63) is 66.8 Å². The molecule has 0 aliphatic heterocycles. The van der Waals surface area contributed by atoms with Gasteiger partial charge in [0.2, 0.25) is 0 Å². The molecule has 3 aromatic rings. The van der Waals surface area contributed by atoms with Crippen molar-refractivity contribution in [2.24, 2.45) is 7.05 Å². The van der Waals surface area contributed by atoms with Gasteiger partial charge in [0.15, 0.2) is 5.78 Å². The Morgan fingerprint density at radius 3 is 2.32 bits per heavy atom. The lowest BCUT2D eigenvalue weighted by Crippen LogP contribution is -2.22. The first-order valence-electron chi connectivity index (χ1n) is 6.67. The molecule has 0 spiro atoms. The molecule has 1 aliphatic carbocycles. The van der Waals surface area contributed by atoms with Gasteiger partial charge < -0.3 is 4.57 Å². The maximum absolute atomic E-state index is 12.9. The SMILES string of the molecule is Cn1c(=O)c(Br)c2c3c(c(Br)ccc31)C(=O)c1ccccc1-2. The Bertz CT molecular complexity index is 1050.